The molecular formula is C21H26N4O2. The molecule has 4 rings (SSSR count). The van der Waals surface area contributed by atoms with Crippen LogP contribution in [0, 0.1) is 6.92 Å². The van der Waals surface area contributed by atoms with E-state index in [1.807, 2.05) is 36.5 Å². The van der Waals surface area contributed by atoms with Crippen LogP contribution in [0.3, 0.4) is 0 Å². The number of benzene rings is 1. The number of hydrogen-bond acceptors (Lipinski definition) is 5. The quantitative estimate of drug-likeness (QED) is 0.882. The zero-order valence-corrected chi connectivity index (χ0v) is 15.7. The Kier molecular flexibility index (Phi) is 5.25. The normalized spacial score (nSPS) is 20.0. The second-order valence-electron chi connectivity index (χ2n) is 7.25. The maximum Gasteiger partial charge on any atom is 0.265 e. The first-order chi connectivity index (χ1) is 13.2. The average Bonchev–Trinajstić information content (AvgIpc) is 2.69. The van der Waals surface area contributed by atoms with Crippen molar-refractivity contribution < 1.29 is 9.53 Å². The molecule has 0 aliphatic carbocycles. The number of aryl methyl sites for hydroxylation is 1. The van der Waals surface area contributed by atoms with Gasteiger partial charge in [-0.05, 0) is 56.1 Å². The van der Waals surface area contributed by atoms with Crippen LogP contribution in [0.2, 0.25) is 0 Å². The smallest absolute Gasteiger partial charge is 0.265 e. The van der Waals surface area contributed by atoms with Gasteiger partial charge in [-0.2, -0.15) is 0 Å². The van der Waals surface area contributed by atoms with Crippen molar-refractivity contribution in [3.63, 3.8) is 0 Å². The topological polar surface area (TPSA) is 57.7 Å². The minimum Gasteiger partial charge on any atom is -0.478 e. The molecule has 1 atom stereocenters. The lowest BCUT2D eigenvalue weighted by Gasteiger charge is -2.35. The minimum absolute atomic E-state index is 0.0379. The molecule has 1 aromatic heterocycles. The van der Waals surface area contributed by atoms with Crippen molar-refractivity contribution in [3.8, 4) is 5.75 Å². The highest BCUT2D eigenvalue weighted by Crippen LogP contribution is 2.30. The maximum absolute atomic E-state index is 12.2. The molecule has 1 unspecified atom stereocenters. The van der Waals surface area contributed by atoms with Crippen molar-refractivity contribution in [1.82, 2.24) is 9.88 Å². The lowest BCUT2D eigenvalue weighted by atomic mass is 10.1. The molecule has 3 heterocycles. The van der Waals surface area contributed by atoms with Gasteiger partial charge >= 0.3 is 0 Å². The van der Waals surface area contributed by atoms with Crippen molar-refractivity contribution in [2.24, 2.45) is 0 Å². The van der Waals surface area contributed by atoms with Crippen molar-refractivity contribution in [2.75, 3.05) is 42.9 Å². The number of carbonyl (C=O) groups excluding carboxylic acids is 1. The highest BCUT2D eigenvalue weighted by molar-refractivity contribution is 5.97. The molecule has 1 aromatic carbocycles. The van der Waals surface area contributed by atoms with Crippen molar-refractivity contribution >= 4 is 17.4 Å². The summed E-state index contributed by atoms with van der Waals surface area (Å²) in [7, 11) is 0. The van der Waals surface area contributed by atoms with E-state index >= 15 is 0 Å². The largest absolute Gasteiger partial charge is 0.478 e. The lowest BCUT2D eigenvalue weighted by Crippen LogP contribution is -2.47. The van der Waals surface area contributed by atoms with E-state index in [0.29, 0.717) is 0 Å². The molecule has 1 amide bonds. The van der Waals surface area contributed by atoms with Crippen LogP contribution < -0.4 is 15.0 Å². The van der Waals surface area contributed by atoms with Crippen LogP contribution in [-0.2, 0) is 4.79 Å². The first-order valence-electron chi connectivity index (χ1n) is 9.65. The molecule has 2 aromatic rings. The molecule has 0 bridgehead atoms. The molecule has 2 aliphatic rings. The van der Waals surface area contributed by atoms with E-state index in [2.05, 4.69) is 33.1 Å². The Hall–Kier alpha value is -2.60. The number of aromatic nitrogens is 1. The molecule has 1 N–H and O–H groups in total. The molecule has 0 spiro atoms. The van der Waals surface area contributed by atoms with Crippen LogP contribution in [0.4, 0.5) is 11.5 Å². The van der Waals surface area contributed by atoms with Gasteiger partial charge in [-0.3, -0.25) is 9.69 Å². The molecule has 6 nitrogen and oxygen atoms in total. The number of anilines is 2. The Morgan fingerprint density at radius 2 is 2.00 bits per heavy atom. The van der Waals surface area contributed by atoms with Crippen LogP contribution >= 0.6 is 0 Å². The minimum atomic E-state index is -0.391. The summed E-state index contributed by atoms with van der Waals surface area (Å²) in [5.74, 6) is 1.80. The Labute approximate surface area is 160 Å². The molecule has 142 valence electrons. The number of pyridine rings is 1. The van der Waals surface area contributed by atoms with E-state index in [1.54, 1.807) is 0 Å². The first kappa shape index (κ1) is 17.8. The summed E-state index contributed by atoms with van der Waals surface area (Å²) in [5.41, 5.74) is 2.01. The van der Waals surface area contributed by atoms with Crippen LogP contribution in [0.1, 0.15) is 18.4 Å². The summed E-state index contributed by atoms with van der Waals surface area (Å²) in [6, 6.07) is 11.8. The first-order valence-corrected chi connectivity index (χ1v) is 9.65. The summed E-state index contributed by atoms with van der Waals surface area (Å²) < 4.78 is 5.87. The zero-order valence-electron chi connectivity index (χ0n) is 15.7. The van der Waals surface area contributed by atoms with Gasteiger partial charge in [0.05, 0.1) is 5.69 Å². The van der Waals surface area contributed by atoms with E-state index < -0.39 is 6.10 Å². The molecule has 0 saturated carbocycles. The van der Waals surface area contributed by atoms with Gasteiger partial charge in [0.15, 0.2) is 6.10 Å². The lowest BCUT2D eigenvalue weighted by molar-refractivity contribution is -0.123. The van der Waals surface area contributed by atoms with Gasteiger partial charge in [-0.25, -0.2) is 4.98 Å². The molecular weight excluding hydrogens is 340 g/mol. The van der Waals surface area contributed by atoms with Crippen LogP contribution in [0.25, 0.3) is 0 Å². The van der Waals surface area contributed by atoms with E-state index in [4.69, 9.17) is 4.74 Å². The van der Waals surface area contributed by atoms with Gasteiger partial charge in [-0.1, -0.05) is 12.1 Å². The molecule has 0 radical (unpaired) electrons. The fourth-order valence-electron chi connectivity index (χ4n) is 3.68. The van der Waals surface area contributed by atoms with E-state index in [9.17, 15) is 4.79 Å². The Bertz CT molecular complexity index is 802. The van der Waals surface area contributed by atoms with Gasteiger partial charge in [0.1, 0.15) is 11.6 Å². The SMILES string of the molecule is Cc1ccnc(N2CCN(CCCC3Oc4ccccc4NC3=O)CC2)c1. The second kappa shape index (κ2) is 7.96. The third kappa shape index (κ3) is 4.22. The molecule has 27 heavy (non-hydrogen) atoms. The van der Waals surface area contributed by atoms with Crippen molar-refractivity contribution in [1.29, 1.82) is 0 Å². The Balaban J connectivity index is 1.22. The maximum atomic E-state index is 12.2. The van der Waals surface area contributed by atoms with Gasteiger partial charge in [0, 0.05) is 32.4 Å². The Morgan fingerprint density at radius 1 is 1.19 bits per heavy atom. The second-order valence-corrected chi connectivity index (χ2v) is 7.25. The fraction of sp³-hybridized carbons (Fsp3) is 0.429. The highest BCUT2D eigenvalue weighted by atomic mass is 16.5. The summed E-state index contributed by atoms with van der Waals surface area (Å²) in [6.45, 7) is 7.12. The Morgan fingerprint density at radius 3 is 2.81 bits per heavy atom. The van der Waals surface area contributed by atoms with Crippen LogP contribution in [0.15, 0.2) is 42.6 Å². The van der Waals surface area contributed by atoms with Crippen molar-refractivity contribution in [3.05, 3.63) is 48.2 Å². The molecule has 1 saturated heterocycles. The molecule has 6 heteroatoms. The zero-order chi connectivity index (χ0) is 18.6. The number of amides is 1. The van der Waals surface area contributed by atoms with Crippen LogP contribution in [-0.4, -0.2) is 54.6 Å². The monoisotopic (exact) mass is 366 g/mol. The van der Waals surface area contributed by atoms with Gasteiger partial charge in [0.2, 0.25) is 0 Å². The van der Waals surface area contributed by atoms with Gasteiger partial charge < -0.3 is 15.0 Å². The number of hydrogen-bond donors (Lipinski definition) is 1. The standard InChI is InChI=1S/C21H26N4O2/c1-16-8-9-22-20(15-16)25-13-11-24(12-14-25)10-4-7-19-21(26)23-17-5-2-3-6-18(17)27-19/h2-3,5-6,8-9,15,19H,4,7,10-14H2,1H3,(H,23,26). The van der Waals surface area contributed by atoms with Crippen molar-refractivity contribution in [2.45, 2.75) is 25.9 Å². The van der Waals surface area contributed by atoms with E-state index in [-0.39, 0.29) is 5.91 Å². The summed E-state index contributed by atoms with van der Waals surface area (Å²) >= 11 is 0. The van der Waals surface area contributed by atoms with Crippen LogP contribution in [0.5, 0.6) is 5.75 Å². The summed E-state index contributed by atoms with van der Waals surface area (Å²) in [5, 5.41) is 2.94. The predicted octanol–water partition coefficient (Wildman–Crippen LogP) is 2.69. The molecule has 1 fully saturated rings. The number of nitrogens with one attached hydrogen (secondary N) is 1. The number of carbonyl (C=O) groups is 1. The highest BCUT2D eigenvalue weighted by Gasteiger charge is 2.27. The average molecular weight is 366 g/mol. The number of piperazine rings is 1. The third-order valence-electron chi connectivity index (χ3n) is 5.24. The summed E-state index contributed by atoms with van der Waals surface area (Å²) in [6.07, 6.45) is 3.17. The van der Waals surface area contributed by atoms with E-state index in [0.717, 1.165) is 62.8 Å². The number of rotatable bonds is 5. The van der Waals surface area contributed by atoms with E-state index in [1.165, 1.54) is 5.56 Å². The molecule has 2 aliphatic heterocycles. The number of fused-ring (bicyclic) bond motifs is 1. The van der Waals surface area contributed by atoms with Gasteiger partial charge in [0.25, 0.3) is 5.91 Å². The number of para-hydroxylation sites is 2. The predicted molar refractivity (Wildman–Crippen MR) is 106 cm³/mol. The van der Waals surface area contributed by atoms with Gasteiger partial charge in [-0.15, -0.1) is 0 Å². The third-order valence-corrected chi connectivity index (χ3v) is 5.24. The fourth-order valence-corrected chi connectivity index (χ4v) is 3.68. The number of nitrogens with zero attached hydrogens (tertiary/aromatic N) is 3. The number of ether oxygens (including phenoxy) is 1. The summed E-state index contributed by atoms with van der Waals surface area (Å²) in [4.78, 5) is 21.5.